The molecule has 0 saturated carbocycles. The molecule has 1 aliphatic rings. The maximum absolute atomic E-state index is 13.5. The molecule has 106 valence electrons. The van der Waals surface area contributed by atoms with Crippen LogP contribution in [0.1, 0.15) is 33.6 Å². The SMILES string of the molecule is CNCC(F)CC1CCN(C(=O)OC(C)(C)C)C1. The number of rotatable bonds is 4. The van der Waals surface area contributed by atoms with Crippen LogP contribution in [0.4, 0.5) is 9.18 Å². The average Bonchev–Trinajstić information content (AvgIpc) is 2.63. The van der Waals surface area contributed by atoms with Crippen molar-refractivity contribution < 1.29 is 13.9 Å². The van der Waals surface area contributed by atoms with E-state index in [2.05, 4.69) is 5.32 Å². The predicted octanol–water partition coefficient (Wildman–Crippen LogP) is 2.19. The van der Waals surface area contributed by atoms with Gasteiger partial charge in [0, 0.05) is 19.6 Å². The van der Waals surface area contributed by atoms with Crippen LogP contribution in [0.25, 0.3) is 0 Å². The number of nitrogens with one attached hydrogen (secondary N) is 1. The van der Waals surface area contributed by atoms with Crippen molar-refractivity contribution in [2.45, 2.75) is 45.4 Å². The van der Waals surface area contributed by atoms with Gasteiger partial charge in [-0.05, 0) is 46.6 Å². The zero-order valence-electron chi connectivity index (χ0n) is 11.8. The Labute approximate surface area is 109 Å². The fourth-order valence-corrected chi connectivity index (χ4v) is 2.18. The van der Waals surface area contributed by atoms with E-state index in [1.54, 1.807) is 11.9 Å². The molecule has 4 nitrogen and oxygen atoms in total. The molecule has 18 heavy (non-hydrogen) atoms. The summed E-state index contributed by atoms with van der Waals surface area (Å²) in [5, 5.41) is 2.83. The number of amides is 1. The average molecular weight is 260 g/mol. The molecule has 0 aromatic carbocycles. The Morgan fingerprint density at radius 3 is 2.78 bits per heavy atom. The molecule has 0 spiro atoms. The minimum absolute atomic E-state index is 0.251. The minimum Gasteiger partial charge on any atom is -0.444 e. The highest BCUT2D eigenvalue weighted by Crippen LogP contribution is 2.23. The number of carbonyl (C=O) groups excluding carboxylic acids is 1. The smallest absolute Gasteiger partial charge is 0.410 e. The number of likely N-dealkylation sites (tertiary alicyclic amines) is 1. The van der Waals surface area contributed by atoms with Crippen molar-refractivity contribution in [3.05, 3.63) is 0 Å². The quantitative estimate of drug-likeness (QED) is 0.842. The lowest BCUT2D eigenvalue weighted by Gasteiger charge is -2.24. The molecule has 0 aromatic rings. The third kappa shape index (κ3) is 5.21. The highest BCUT2D eigenvalue weighted by atomic mass is 19.1. The zero-order valence-corrected chi connectivity index (χ0v) is 11.8. The van der Waals surface area contributed by atoms with Crippen LogP contribution < -0.4 is 5.32 Å². The maximum atomic E-state index is 13.5. The van der Waals surface area contributed by atoms with Gasteiger partial charge in [-0.25, -0.2) is 9.18 Å². The molecule has 2 atom stereocenters. The van der Waals surface area contributed by atoms with Gasteiger partial charge < -0.3 is 15.0 Å². The van der Waals surface area contributed by atoms with Crippen LogP contribution in [-0.2, 0) is 4.74 Å². The number of hydrogen-bond acceptors (Lipinski definition) is 3. The lowest BCUT2D eigenvalue weighted by atomic mass is 10.0. The largest absolute Gasteiger partial charge is 0.444 e. The summed E-state index contributed by atoms with van der Waals surface area (Å²) in [7, 11) is 1.74. The standard InChI is InChI=1S/C13H25FN2O2/c1-13(2,3)18-12(17)16-6-5-10(9-16)7-11(14)8-15-4/h10-11,15H,5-9H2,1-4H3. The molecule has 0 aliphatic carbocycles. The number of alkyl halides is 1. The van der Waals surface area contributed by atoms with Crippen molar-refractivity contribution in [2.24, 2.45) is 5.92 Å². The Balaban J connectivity index is 2.34. The van der Waals surface area contributed by atoms with Gasteiger partial charge in [0.25, 0.3) is 0 Å². The van der Waals surface area contributed by atoms with E-state index in [1.165, 1.54) is 0 Å². The number of halogens is 1. The molecule has 1 amide bonds. The number of nitrogens with zero attached hydrogens (tertiary/aromatic N) is 1. The van der Waals surface area contributed by atoms with Crippen molar-refractivity contribution in [3.8, 4) is 0 Å². The van der Waals surface area contributed by atoms with Gasteiger partial charge in [0.1, 0.15) is 11.8 Å². The Hall–Kier alpha value is -0.840. The van der Waals surface area contributed by atoms with E-state index < -0.39 is 11.8 Å². The summed E-state index contributed by atoms with van der Waals surface area (Å²) < 4.78 is 18.8. The van der Waals surface area contributed by atoms with E-state index in [0.29, 0.717) is 26.1 Å². The van der Waals surface area contributed by atoms with Gasteiger partial charge in [-0.2, -0.15) is 0 Å². The van der Waals surface area contributed by atoms with E-state index in [1.807, 2.05) is 20.8 Å². The molecule has 1 fully saturated rings. The molecule has 1 heterocycles. The number of carbonyl (C=O) groups is 1. The molecule has 1 saturated heterocycles. The highest BCUT2D eigenvalue weighted by Gasteiger charge is 2.30. The number of ether oxygens (including phenoxy) is 1. The van der Waals surface area contributed by atoms with Crippen LogP contribution in [0.2, 0.25) is 0 Å². The summed E-state index contributed by atoms with van der Waals surface area (Å²) in [5.41, 5.74) is -0.468. The van der Waals surface area contributed by atoms with Crippen LogP contribution in [0.15, 0.2) is 0 Å². The fourth-order valence-electron chi connectivity index (χ4n) is 2.18. The first-order valence-corrected chi connectivity index (χ1v) is 6.58. The van der Waals surface area contributed by atoms with Crippen molar-refractivity contribution in [2.75, 3.05) is 26.7 Å². The molecule has 0 radical (unpaired) electrons. The van der Waals surface area contributed by atoms with Crippen LogP contribution in [0, 0.1) is 5.92 Å². The lowest BCUT2D eigenvalue weighted by Crippen LogP contribution is -2.35. The molecular formula is C13H25FN2O2. The third-order valence-electron chi connectivity index (χ3n) is 2.95. The normalized spacial score (nSPS) is 22.1. The van der Waals surface area contributed by atoms with Gasteiger partial charge in [0.05, 0.1) is 0 Å². The molecule has 5 heteroatoms. The topological polar surface area (TPSA) is 41.6 Å². The number of hydrogen-bond donors (Lipinski definition) is 1. The molecular weight excluding hydrogens is 235 g/mol. The van der Waals surface area contributed by atoms with E-state index >= 15 is 0 Å². The minimum atomic E-state index is -0.835. The molecule has 0 aromatic heterocycles. The zero-order chi connectivity index (χ0) is 13.8. The monoisotopic (exact) mass is 260 g/mol. The molecule has 1 aliphatic heterocycles. The van der Waals surface area contributed by atoms with Crippen LogP contribution in [-0.4, -0.2) is 49.4 Å². The first-order chi connectivity index (χ1) is 8.31. The van der Waals surface area contributed by atoms with Crippen molar-refractivity contribution >= 4 is 6.09 Å². The molecule has 1 N–H and O–H groups in total. The van der Waals surface area contributed by atoms with Gasteiger partial charge in [-0.3, -0.25) is 0 Å². The second-order valence-electron chi connectivity index (χ2n) is 5.97. The van der Waals surface area contributed by atoms with E-state index in [-0.39, 0.29) is 12.0 Å². The van der Waals surface area contributed by atoms with Crippen LogP contribution >= 0.6 is 0 Å². The predicted molar refractivity (Wildman–Crippen MR) is 69.4 cm³/mol. The van der Waals surface area contributed by atoms with Gasteiger partial charge in [-0.15, -0.1) is 0 Å². The maximum Gasteiger partial charge on any atom is 0.410 e. The van der Waals surface area contributed by atoms with Crippen LogP contribution in [0.5, 0.6) is 0 Å². The van der Waals surface area contributed by atoms with Crippen LogP contribution in [0.3, 0.4) is 0 Å². The molecule has 2 unspecified atom stereocenters. The fraction of sp³-hybridized carbons (Fsp3) is 0.923. The van der Waals surface area contributed by atoms with Crippen molar-refractivity contribution in [3.63, 3.8) is 0 Å². The van der Waals surface area contributed by atoms with Gasteiger partial charge >= 0.3 is 6.09 Å². The Morgan fingerprint density at radius 1 is 1.56 bits per heavy atom. The van der Waals surface area contributed by atoms with E-state index in [0.717, 1.165) is 6.42 Å². The summed E-state index contributed by atoms with van der Waals surface area (Å²) in [6.45, 7) is 7.21. The summed E-state index contributed by atoms with van der Waals surface area (Å²) in [6, 6.07) is 0. The van der Waals surface area contributed by atoms with E-state index in [9.17, 15) is 9.18 Å². The Morgan fingerprint density at radius 2 is 2.22 bits per heavy atom. The first-order valence-electron chi connectivity index (χ1n) is 6.58. The first kappa shape index (κ1) is 15.2. The summed E-state index contributed by atoms with van der Waals surface area (Å²) in [4.78, 5) is 13.5. The van der Waals surface area contributed by atoms with Gasteiger partial charge in [-0.1, -0.05) is 0 Å². The van der Waals surface area contributed by atoms with E-state index in [4.69, 9.17) is 4.74 Å². The van der Waals surface area contributed by atoms with Gasteiger partial charge in [0.15, 0.2) is 0 Å². The van der Waals surface area contributed by atoms with Crippen molar-refractivity contribution in [1.29, 1.82) is 0 Å². The summed E-state index contributed by atoms with van der Waals surface area (Å²) >= 11 is 0. The summed E-state index contributed by atoms with van der Waals surface area (Å²) in [5.74, 6) is 0.251. The Bertz CT molecular complexity index is 279. The second-order valence-corrected chi connectivity index (χ2v) is 5.97. The Kier molecular flexibility index (Phi) is 5.38. The second kappa shape index (κ2) is 6.36. The highest BCUT2D eigenvalue weighted by molar-refractivity contribution is 5.68. The lowest BCUT2D eigenvalue weighted by molar-refractivity contribution is 0.0285. The molecule has 0 bridgehead atoms. The van der Waals surface area contributed by atoms with Crippen molar-refractivity contribution in [1.82, 2.24) is 10.2 Å². The third-order valence-corrected chi connectivity index (χ3v) is 2.95. The molecule has 1 rings (SSSR count). The van der Waals surface area contributed by atoms with Gasteiger partial charge in [0.2, 0.25) is 0 Å². The summed E-state index contributed by atoms with van der Waals surface area (Å²) in [6.07, 6.45) is 0.261.